The zero-order valence-corrected chi connectivity index (χ0v) is 19.3. The molecule has 8 atom stereocenters. The summed E-state index contributed by atoms with van der Waals surface area (Å²) in [5.41, 5.74) is 2.55. The van der Waals surface area contributed by atoms with Gasteiger partial charge >= 0.3 is 0 Å². The highest BCUT2D eigenvalue weighted by Crippen LogP contribution is 2.66. The first-order valence-electron chi connectivity index (χ1n) is 12.7. The summed E-state index contributed by atoms with van der Waals surface area (Å²) in [4.78, 5) is 0. The molecule has 0 aromatic carbocycles. The van der Waals surface area contributed by atoms with Crippen LogP contribution < -0.4 is 0 Å². The molecule has 28 heavy (non-hydrogen) atoms. The maximum atomic E-state index is 11.3. The van der Waals surface area contributed by atoms with Crippen molar-refractivity contribution in [3.63, 3.8) is 0 Å². The Morgan fingerprint density at radius 2 is 1.86 bits per heavy atom. The van der Waals surface area contributed by atoms with Crippen LogP contribution in [0.5, 0.6) is 0 Å². The normalized spacial score (nSPS) is 46.5. The van der Waals surface area contributed by atoms with Gasteiger partial charge in [0.05, 0.1) is 6.10 Å². The molecule has 0 saturated heterocycles. The van der Waals surface area contributed by atoms with Crippen LogP contribution in [0.4, 0.5) is 0 Å². The third kappa shape index (κ3) is 3.32. The van der Waals surface area contributed by atoms with Crippen molar-refractivity contribution in [3.05, 3.63) is 11.6 Å². The lowest BCUT2D eigenvalue weighted by Gasteiger charge is -2.60. The summed E-state index contributed by atoms with van der Waals surface area (Å²) in [7, 11) is 0. The summed E-state index contributed by atoms with van der Waals surface area (Å²) >= 11 is 0. The van der Waals surface area contributed by atoms with Crippen molar-refractivity contribution in [2.75, 3.05) is 0 Å². The van der Waals surface area contributed by atoms with Gasteiger partial charge in [-0.05, 0) is 78.9 Å². The van der Waals surface area contributed by atoms with Crippen molar-refractivity contribution in [1.29, 1.82) is 0 Å². The Balaban J connectivity index is 1.52. The molecule has 0 unspecified atom stereocenters. The summed E-state index contributed by atoms with van der Waals surface area (Å²) in [6.07, 6.45) is 17.3. The van der Waals surface area contributed by atoms with Crippen LogP contribution in [0.15, 0.2) is 11.6 Å². The highest BCUT2D eigenvalue weighted by Gasteiger charge is 2.59. The Bertz CT molecular complexity index is 591. The molecule has 3 saturated carbocycles. The lowest BCUT2D eigenvalue weighted by molar-refractivity contribution is -0.114. The molecule has 4 aliphatic rings. The second kappa shape index (κ2) is 7.75. The number of hydrogen-bond donors (Lipinski definition) is 1. The van der Waals surface area contributed by atoms with Gasteiger partial charge in [-0.2, -0.15) is 0 Å². The number of allylic oxidation sites excluding steroid dienone is 1. The molecule has 0 aromatic heterocycles. The van der Waals surface area contributed by atoms with Crippen molar-refractivity contribution in [1.82, 2.24) is 0 Å². The summed E-state index contributed by atoms with van der Waals surface area (Å²) in [5, 5.41) is 11.3. The van der Waals surface area contributed by atoms with Crippen LogP contribution in [0, 0.1) is 46.3 Å². The monoisotopic (exact) mass is 386 g/mol. The molecule has 4 rings (SSSR count). The van der Waals surface area contributed by atoms with E-state index in [2.05, 4.69) is 40.7 Å². The van der Waals surface area contributed by atoms with Crippen LogP contribution in [0.25, 0.3) is 0 Å². The average molecular weight is 387 g/mol. The van der Waals surface area contributed by atoms with Gasteiger partial charge in [-0.3, -0.25) is 0 Å². The molecule has 0 spiro atoms. The highest BCUT2D eigenvalue weighted by molar-refractivity contribution is 5.31. The van der Waals surface area contributed by atoms with Gasteiger partial charge in [-0.15, -0.1) is 0 Å². The Kier molecular flexibility index (Phi) is 5.80. The van der Waals surface area contributed by atoms with E-state index in [0.717, 1.165) is 36.0 Å². The molecule has 0 aliphatic heterocycles. The van der Waals surface area contributed by atoms with Crippen LogP contribution in [0.2, 0.25) is 0 Å². The Hall–Kier alpha value is -0.300. The van der Waals surface area contributed by atoms with Gasteiger partial charge in [0.25, 0.3) is 0 Å². The van der Waals surface area contributed by atoms with Crippen LogP contribution >= 0.6 is 0 Å². The maximum Gasteiger partial charge on any atom is 0.0611 e. The van der Waals surface area contributed by atoms with E-state index >= 15 is 0 Å². The summed E-state index contributed by atoms with van der Waals surface area (Å²) in [6.45, 7) is 12.4. The minimum atomic E-state index is -0.0814. The highest BCUT2D eigenvalue weighted by atomic mass is 16.3. The number of hydrogen-bond acceptors (Lipinski definition) is 1. The van der Waals surface area contributed by atoms with Gasteiger partial charge in [-0.25, -0.2) is 0 Å². The van der Waals surface area contributed by atoms with E-state index in [1.165, 1.54) is 64.2 Å². The van der Waals surface area contributed by atoms with Crippen LogP contribution in [-0.4, -0.2) is 11.2 Å². The molecule has 1 nitrogen and oxygen atoms in total. The Labute approximate surface area is 174 Å². The molecule has 1 N–H and O–H groups in total. The fourth-order valence-corrected chi connectivity index (χ4v) is 8.53. The first-order chi connectivity index (χ1) is 13.3. The lowest BCUT2D eigenvalue weighted by Crippen LogP contribution is -2.55. The number of aliphatic hydroxyl groups excluding tert-OH is 1. The molecular formula is C27H46O. The van der Waals surface area contributed by atoms with E-state index in [4.69, 9.17) is 0 Å². The standard InChI is InChI=1S/C27H46O/c1-18(2)9-8-10-19(3)21-12-13-22-25-23(14-16-27(21,22)5)26(4)15-7-6-11-20(26)17-24(25)28/h13,18-21,23-25,28H,6-12,14-17H2,1-5H3/t19-,20-,21-,23+,24+,25+,26+,27-/m1/s1. The van der Waals surface area contributed by atoms with Gasteiger partial charge in [0, 0.05) is 5.92 Å². The van der Waals surface area contributed by atoms with Gasteiger partial charge in [0.15, 0.2) is 0 Å². The summed E-state index contributed by atoms with van der Waals surface area (Å²) in [6, 6.07) is 0. The van der Waals surface area contributed by atoms with E-state index in [9.17, 15) is 5.11 Å². The second-order valence-corrected chi connectivity index (χ2v) is 12.1. The maximum absolute atomic E-state index is 11.3. The smallest absolute Gasteiger partial charge is 0.0611 e. The molecule has 1 heteroatoms. The van der Waals surface area contributed by atoms with Crippen molar-refractivity contribution in [2.24, 2.45) is 46.3 Å². The average Bonchev–Trinajstić information content (AvgIpc) is 2.99. The van der Waals surface area contributed by atoms with Crippen LogP contribution in [-0.2, 0) is 0 Å². The minimum Gasteiger partial charge on any atom is -0.392 e. The third-order valence-corrected chi connectivity index (χ3v) is 10.2. The zero-order valence-electron chi connectivity index (χ0n) is 19.3. The zero-order chi connectivity index (χ0) is 20.1. The predicted octanol–water partition coefficient (Wildman–Crippen LogP) is 7.39. The van der Waals surface area contributed by atoms with Crippen molar-refractivity contribution in [2.45, 2.75) is 111 Å². The van der Waals surface area contributed by atoms with Crippen molar-refractivity contribution < 1.29 is 5.11 Å². The van der Waals surface area contributed by atoms with E-state index in [0.29, 0.717) is 16.7 Å². The predicted molar refractivity (Wildman–Crippen MR) is 119 cm³/mol. The van der Waals surface area contributed by atoms with E-state index in [-0.39, 0.29) is 6.10 Å². The van der Waals surface area contributed by atoms with Gasteiger partial charge in [-0.1, -0.05) is 78.4 Å². The first-order valence-corrected chi connectivity index (χ1v) is 12.7. The topological polar surface area (TPSA) is 20.2 Å². The van der Waals surface area contributed by atoms with E-state index in [1.54, 1.807) is 5.57 Å². The van der Waals surface area contributed by atoms with Crippen LogP contribution in [0.1, 0.15) is 105 Å². The largest absolute Gasteiger partial charge is 0.392 e. The molecule has 160 valence electrons. The summed E-state index contributed by atoms with van der Waals surface area (Å²) < 4.78 is 0. The molecule has 0 amide bonds. The van der Waals surface area contributed by atoms with Gasteiger partial charge < -0.3 is 5.11 Å². The minimum absolute atomic E-state index is 0.0814. The molecule has 0 heterocycles. The SMILES string of the molecule is CC(C)CCC[C@@H](C)[C@H]1CC=C2[C@@H]3[C@@H](O)C[C@H]4CCCC[C@]4(C)[C@H]3CC[C@@]21C. The number of rotatable bonds is 5. The third-order valence-electron chi connectivity index (χ3n) is 10.2. The molecule has 0 aromatic rings. The molecular weight excluding hydrogens is 340 g/mol. The fraction of sp³-hybridized carbons (Fsp3) is 0.926. The number of fused-ring (bicyclic) bond motifs is 5. The van der Waals surface area contributed by atoms with Crippen molar-refractivity contribution >= 4 is 0 Å². The van der Waals surface area contributed by atoms with Crippen LogP contribution in [0.3, 0.4) is 0 Å². The van der Waals surface area contributed by atoms with Crippen molar-refractivity contribution in [3.8, 4) is 0 Å². The molecule has 0 radical (unpaired) electrons. The van der Waals surface area contributed by atoms with Gasteiger partial charge in [0.1, 0.15) is 0 Å². The second-order valence-electron chi connectivity index (χ2n) is 12.1. The number of aliphatic hydroxyl groups is 1. The Morgan fingerprint density at radius 3 is 2.61 bits per heavy atom. The van der Waals surface area contributed by atoms with Gasteiger partial charge in [0.2, 0.25) is 0 Å². The van der Waals surface area contributed by atoms with E-state index < -0.39 is 0 Å². The summed E-state index contributed by atoms with van der Waals surface area (Å²) in [5.74, 6) is 4.42. The van der Waals surface area contributed by atoms with E-state index in [1.807, 2.05) is 0 Å². The molecule has 0 bridgehead atoms. The molecule has 4 aliphatic carbocycles. The first kappa shape index (κ1) is 21.0. The lowest BCUT2D eigenvalue weighted by atomic mass is 9.45. The molecule has 3 fully saturated rings. The Morgan fingerprint density at radius 1 is 1.07 bits per heavy atom. The quantitative estimate of drug-likeness (QED) is 0.488. The fourth-order valence-electron chi connectivity index (χ4n) is 8.53.